The van der Waals surface area contributed by atoms with Gasteiger partial charge in [0.1, 0.15) is 24.1 Å². The third-order valence-electron chi connectivity index (χ3n) is 5.07. The second-order valence-electron chi connectivity index (χ2n) is 7.10. The van der Waals surface area contributed by atoms with Crippen LogP contribution in [0.25, 0.3) is 0 Å². The van der Waals surface area contributed by atoms with Gasteiger partial charge in [0.25, 0.3) is 0 Å². The molecule has 2 aliphatic rings. The van der Waals surface area contributed by atoms with Crippen molar-refractivity contribution in [2.45, 2.75) is 18.6 Å². The Morgan fingerprint density at radius 3 is 2.89 bits per heavy atom. The van der Waals surface area contributed by atoms with Crippen molar-refractivity contribution in [2.75, 3.05) is 43.5 Å². The number of ether oxygens (including phenoxy) is 1. The summed E-state index contributed by atoms with van der Waals surface area (Å²) in [6.45, 7) is 1.96. The van der Waals surface area contributed by atoms with E-state index in [-0.39, 0.29) is 18.2 Å². The summed E-state index contributed by atoms with van der Waals surface area (Å²) in [5.41, 5.74) is 1.11. The van der Waals surface area contributed by atoms with Gasteiger partial charge in [0.15, 0.2) is 0 Å². The molecular weight excluding hydrogens is 366 g/mol. The topological polar surface area (TPSA) is 61.8 Å². The zero-order chi connectivity index (χ0) is 19.0. The molecule has 2 aromatic rings. The largest absolute Gasteiger partial charge is 0.442 e. The highest BCUT2D eigenvalue weighted by Crippen LogP contribution is 2.30. The second kappa shape index (κ2) is 7.23. The molecule has 0 radical (unpaired) electrons. The maximum atomic E-state index is 12.3. The number of nitrogens with zero attached hydrogens (tertiary/aromatic N) is 5. The third kappa shape index (κ3) is 3.64. The van der Waals surface area contributed by atoms with E-state index in [2.05, 4.69) is 14.9 Å². The molecule has 1 aromatic heterocycles. The normalized spacial score (nSPS) is 21.4. The predicted molar refractivity (Wildman–Crippen MR) is 104 cm³/mol. The number of hydrogen-bond acceptors (Lipinski definition) is 6. The minimum absolute atomic E-state index is 0.0365. The highest BCUT2D eigenvalue weighted by molar-refractivity contribution is 6.30. The van der Waals surface area contributed by atoms with Crippen LogP contribution < -0.4 is 9.80 Å². The van der Waals surface area contributed by atoms with Gasteiger partial charge in [-0.25, -0.2) is 14.8 Å². The number of carbonyl (C=O) groups excluding carboxylic acids is 1. The van der Waals surface area contributed by atoms with Crippen LogP contribution in [0.2, 0.25) is 5.02 Å². The fourth-order valence-electron chi connectivity index (χ4n) is 3.65. The van der Waals surface area contributed by atoms with Gasteiger partial charge in [-0.3, -0.25) is 4.90 Å². The first-order chi connectivity index (χ1) is 13.0. The van der Waals surface area contributed by atoms with Crippen LogP contribution in [0.15, 0.2) is 36.7 Å². The summed E-state index contributed by atoms with van der Waals surface area (Å²) in [7, 11) is 3.90. The first-order valence-electron chi connectivity index (χ1n) is 8.97. The number of rotatable bonds is 5. The van der Waals surface area contributed by atoms with Crippen LogP contribution in [-0.4, -0.2) is 66.8 Å². The molecule has 2 fully saturated rings. The van der Waals surface area contributed by atoms with E-state index in [9.17, 15) is 4.79 Å². The van der Waals surface area contributed by atoms with Gasteiger partial charge in [-0.05, 0) is 24.1 Å². The molecule has 8 heteroatoms. The van der Waals surface area contributed by atoms with Crippen LogP contribution in [0.3, 0.4) is 0 Å². The molecule has 1 amide bonds. The Kier molecular flexibility index (Phi) is 4.78. The van der Waals surface area contributed by atoms with Gasteiger partial charge in [-0.1, -0.05) is 23.7 Å². The molecule has 0 spiro atoms. The minimum Gasteiger partial charge on any atom is -0.442 e. The first-order valence-corrected chi connectivity index (χ1v) is 9.35. The SMILES string of the molecule is CN(C)c1cc(N2CC3OC(=O)N(CCc4cccc(Cl)c4)C3C2)ncn1. The summed E-state index contributed by atoms with van der Waals surface area (Å²) in [5.74, 6) is 1.71. The number of anilines is 2. The lowest BCUT2D eigenvalue weighted by Gasteiger charge is -2.23. The Hall–Kier alpha value is -2.54. The quantitative estimate of drug-likeness (QED) is 0.785. The number of fused-ring (bicyclic) bond motifs is 1. The van der Waals surface area contributed by atoms with Crippen molar-refractivity contribution in [1.29, 1.82) is 0 Å². The van der Waals surface area contributed by atoms with E-state index in [1.807, 2.05) is 54.2 Å². The Balaban J connectivity index is 1.44. The van der Waals surface area contributed by atoms with Gasteiger partial charge >= 0.3 is 6.09 Å². The molecular formula is C19H22ClN5O2. The van der Waals surface area contributed by atoms with Crippen molar-refractivity contribution < 1.29 is 9.53 Å². The maximum absolute atomic E-state index is 12.3. The molecule has 0 saturated carbocycles. The van der Waals surface area contributed by atoms with E-state index in [0.29, 0.717) is 24.7 Å². The molecule has 27 heavy (non-hydrogen) atoms. The molecule has 2 saturated heterocycles. The van der Waals surface area contributed by atoms with Crippen molar-refractivity contribution >= 4 is 29.3 Å². The number of amides is 1. The number of halogens is 1. The molecule has 3 heterocycles. The zero-order valence-corrected chi connectivity index (χ0v) is 16.1. The highest BCUT2D eigenvalue weighted by atomic mass is 35.5. The van der Waals surface area contributed by atoms with Crippen LogP contribution in [0.4, 0.5) is 16.4 Å². The van der Waals surface area contributed by atoms with Crippen molar-refractivity contribution in [3.8, 4) is 0 Å². The maximum Gasteiger partial charge on any atom is 0.410 e. The molecule has 0 bridgehead atoms. The average molecular weight is 388 g/mol. The Labute approximate surface area is 163 Å². The van der Waals surface area contributed by atoms with Gasteiger partial charge < -0.3 is 14.5 Å². The van der Waals surface area contributed by atoms with E-state index in [1.165, 1.54) is 0 Å². The monoisotopic (exact) mass is 387 g/mol. The third-order valence-corrected chi connectivity index (χ3v) is 5.31. The molecule has 7 nitrogen and oxygen atoms in total. The smallest absolute Gasteiger partial charge is 0.410 e. The molecule has 1 aromatic carbocycles. The van der Waals surface area contributed by atoms with Gasteiger partial charge in [0, 0.05) is 38.3 Å². The lowest BCUT2D eigenvalue weighted by atomic mass is 10.1. The van der Waals surface area contributed by atoms with Crippen LogP contribution in [0.5, 0.6) is 0 Å². The minimum atomic E-state index is -0.233. The number of aromatic nitrogens is 2. The molecule has 2 aliphatic heterocycles. The fraction of sp³-hybridized carbons (Fsp3) is 0.421. The first kappa shape index (κ1) is 17.9. The second-order valence-corrected chi connectivity index (χ2v) is 7.53. The zero-order valence-electron chi connectivity index (χ0n) is 15.4. The van der Waals surface area contributed by atoms with E-state index in [0.717, 1.165) is 23.6 Å². The molecule has 2 unspecified atom stereocenters. The van der Waals surface area contributed by atoms with Gasteiger partial charge in [0.05, 0.1) is 12.6 Å². The van der Waals surface area contributed by atoms with Crippen molar-refractivity contribution in [2.24, 2.45) is 0 Å². The Bertz CT molecular complexity index is 846. The van der Waals surface area contributed by atoms with Crippen LogP contribution in [0, 0.1) is 0 Å². The Morgan fingerprint density at radius 2 is 2.11 bits per heavy atom. The predicted octanol–water partition coefficient (Wildman–Crippen LogP) is 2.45. The van der Waals surface area contributed by atoms with E-state index in [4.69, 9.17) is 16.3 Å². The van der Waals surface area contributed by atoms with E-state index < -0.39 is 0 Å². The number of carbonyl (C=O) groups is 1. The molecule has 0 N–H and O–H groups in total. The number of benzene rings is 1. The molecule has 142 valence electrons. The van der Waals surface area contributed by atoms with E-state index >= 15 is 0 Å². The molecule has 0 aliphatic carbocycles. The average Bonchev–Trinajstić information content (AvgIpc) is 3.17. The lowest BCUT2D eigenvalue weighted by molar-refractivity contribution is 0.136. The van der Waals surface area contributed by atoms with Crippen LogP contribution in [-0.2, 0) is 11.2 Å². The van der Waals surface area contributed by atoms with Gasteiger partial charge in [0.2, 0.25) is 0 Å². The highest BCUT2D eigenvalue weighted by Gasteiger charge is 2.47. The summed E-state index contributed by atoms with van der Waals surface area (Å²) in [5, 5.41) is 0.710. The summed E-state index contributed by atoms with van der Waals surface area (Å²) < 4.78 is 5.60. The summed E-state index contributed by atoms with van der Waals surface area (Å²) in [6.07, 6.45) is 1.96. The number of hydrogen-bond donors (Lipinski definition) is 0. The lowest BCUT2D eigenvalue weighted by Crippen LogP contribution is -2.39. The Morgan fingerprint density at radius 1 is 1.26 bits per heavy atom. The van der Waals surface area contributed by atoms with Gasteiger partial charge in [-0.2, -0.15) is 0 Å². The van der Waals surface area contributed by atoms with Crippen LogP contribution in [0.1, 0.15) is 5.56 Å². The van der Waals surface area contributed by atoms with Crippen molar-refractivity contribution in [1.82, 2.24) is 14.9 Å². The summed E-state index contributed by atoms with van der Waals surface area (Å²) in [4.78, 5) is 26.9. The van der Waals surface area contributed by atoms with Crippen molar-refractivity contribution in [3.63, 3.8) is 0 Å². The summed E-state index contributed by atoms with van der Waals surface area (Å²) in [6, 6.07) is 9.73. The van der Waals surface area contributed by atoms with E-state index in [1.54, 1.807) is 6.33 Å². The van der Waals surface area contributed by atoms with Crippen LogP contribution >= 0.6 is 11.6 Å². The standard InChI is InChI=1S/C19H22ClN5O2/c1-23(2)17-9-18(22-12-21-17)24-10-15-16(11-24)27-19(26)25(15)7-6-13-4-3-5-14(20)8-13/h3-5,8-9,12,15-16H,6-7,10-11H2,1-2H3. The molecule has 2 atom stereocenters. The molecule has 4 rings (SSSR count). The summed E-state index contributed by atoms with van der Waals surface area (Å²) >= 11 is 6.05. The van der Waals surface area contributed by atoms with Gasteiger partial charge in [-0.15, -0.1) is 0 Å². The van der Waals surface area contributed by atoms with Crippen molar-refractivity contribution in [3.05, 3.63) is 47.2 Å². The fourth-order valence-corrected chi connectivity index (χ4v) is 3.86.